The molecule has 0 spiro atoms. The molecule has 4 nitrogen and oxygen atoms in total. The number of esters is 1. The molecule has 0 aromatic heterocycles. The monoisotopic (exact) mass is 117 g/mol. The fourth-order valence-electron chi connectivity index (χ4n) is 0.189. The minimum absolute atomic E-state index is 0.0486. The highest BCUT2D eigenvalue weighted by molar-refractivity contribution is 6.35. The van der Waals surface area contributed by atoms with Crippen molar-refractivity contribution >= 4 is 11.7 Å². The lowest BCUT2D eigenvalue weighted by atomic mass is 10.4. The summed E-state index contributed by atoms with van der Waals surface area (Å²) in [7, 11) is 1.22. The highest BCUT2D eigenvalue weighted by Crippen LogP contribution is 1.77. The van der Waals surface area contributed by atoms with E-state index in [0.29, 0.717) is 0 Å². The molecule has 0 bridgehead atoms. The van der Waals surface area contributed by atoms with Crippen LogP contribution in [0.3, 0.4) is 0 Å². The van der Waals surface area contributed by atoms with Crippen LogP contribution in [0.15, 0.2) is 5.16 Å². The predicted octanol–water partition coefficient (Wildman–Crippen LogP) is 0.00950. The first-order chi connectivity index (χ1) is 3.72. The summed E-state index contributed by atoms with van der Waals surface area (Å²) in [4.78, 5) is 10.2. The van der Waals surface area contributed by atoms with Crippen molar-refractivity contribution in [3.8, 4) is 0 Å². The molecule has 0 unspecified atom stereocenters. The predicted molar refractivity (Wildman–Crippen MR) is 26.9 cm³/mol. The minimum atomic E-state index is -0.618. The molecule has 0 atom stereocenters. The summed E-state index contributed by atoms with van der Waals surface area (Å²) in [6.45, 7) is 1.35. The number of nitrogens with zero attached hydrogens (tertiary/aromatic N) is 1. The van der Waals surface area contributed by atoms with Crippen LogP contribution in [0.4, 0.5) is 0 Å². The standard InChI is InChI=1S/C4H7NO3/c1-3(5-7)4(6)8-2/h7H,1-2H3. The second-order valence-electron chi connectivity index (χ2n) is 1.18. The Morgan fingerprint density at radius 2 is 2.25 bits per heavy atom. The van der Waals surface area contributed by atoms with Crippen molar-refractivity contribution in [3.05, 3.63) is 0 Å². The molecule has 0 saturated carbocycles. The largest absolute Gasteiger partial charge is 0.464 e. The minimum Gasteiger partial charge on any atom is -0.464 e. The van der Waals surface area contributed by atoms with Crippen LogP contribution in [0.5, 0.6) is 0 Å². The van der Waals surface area contributed by atoms with Crippen molar-refractivity contribution in [3.63, 3.8) is 0 Å². The summed E-state index contributed by atoms with van der Waals surface area (Å²) >= 11 is 0. The zero-order chi connectivity index (χ0) is 6.57. The third-order valence-corrected chi connectivity index (χ3v) is 0.631. The zero-order valence-electron chi connectivity index (χ0n) is 4.71. The van der Waals surface area contributed by atoms with Gasteiger partial charge in [-0.05, 0) is 6.92 Å². The number of carbonyl (C=O) groups excluding carboxylic acids is 1. The van der Waals surface area contributed by atoms with Crippen molar-refractivity contribution in [2.24, 2.45) is 5.16 Å². The van der Waals surface area contributed by atoms with Gasteiger partial charge in [0.15, 0.2) is 5.71 Å². The maximum absolute atomic E-state index is 10.2. The number of hydrogen-bond acceptors (Lipinski definition) is 4. The number of ether oxygens (including phenoxy) is 1. The van der Waals surface area contributed by atoms with Crippen molar-refractivity contribution < 1.29 is 14.7 Å². The Kier molecular flexibility index (Phi) is 2.61. The molecule has 0 aliphatic heterocycles. The maximum atomic E-state index is 10.2. The molecule has 0 aromatic rings. The average Bonchev–Trinajstić information content (AvgIpc) is 1.84. The number of rotatable bonds is 1. The first-order valence-electron chi connectivity index (χ1n) is 1.99. The first kappa shape index (κ1) is 6.94. The Balaban J connectivity index is 3.83. The molecule has 0 saturated heterocycles. The summed E-state index contributed by atoms with van der Waals surface area (Å²) in [5, 5.41) is 10.5. The van der Waals surface area contributed by atoms with Gasteiger partial charge >= 0.3 is 5.97 Å². The van der Waals surface area contributed by atoms with Gasteiger partial charge in [0.2, 0.25) is 0 Å². The van der Waals surface area contributed by atoms with Gasteiger partial charge in [-0.2, -0.15) is 0 Å². The lowest BCUT2D eigenvalue weighted by Crippen LogP contribution is -2.11. The molecule has 46 valence electrons. The topological polar surface area (TPSA) is 58.9 Å². The van der Waals surface area contributed by atoms with Crippen molar-refractivity contribution in [1.29, 1.82) is 0 Å². The summed E-state index contributed by atoms with van der Waals surface area (Å²) in [5.74, 6) is -0.618. The molecule has 1 N–H and O–H groups in total. The molecule has 0 aliphatic rings. The van der Waals surface area contributed by atoms with E-state index in [1.807, 2.05) is 0 Å². The van der Waals surface area contributed by atoms with E-state index >= 15 is 0 Å². The van der Waals surface area contributed by atoms with Crippen LogP contribution in [0.1, 0.15) is 6.92 Å². The fraction of sp³-hybridized carbons (Fsp3) is 0.500. The van der Waals surface area contributed by atoms with E-state index < -0.39 is 5.97 Å². The molecule has 0 aromatic carbocycles. The maximum Gasteiger partial charge on any atom is 0.355 e. The molecule has 0 heterocycles. The van der Waals surface area contributed by atoms with Gasteiger partial charge in [-0.15, -0.1) is 0 Å². The Hall–Kier alpha value is -1.06. The average molecular weight is 117 g/mol. The van der Waals surface area contributed by atoms with Crippen molar-refractivity contribution in [2.45, 2.75) is 6.92 Å². The van der Waals surface area contributed by atoms with E-state index in [1.165, 1.54) is 14.0 Å². The quantitative estimate of drug-likeness (QED) is 0.228. The van der Waals surface area contributed by atoms with Gasteiger partial charge in [0.05, 0.1) is 7.11 Å². The highest BCUT2D eigenvalue weighted by atomic mass is 16.5. The van der Waals surface area contributed by atoms with Crippen LogP contribution < -0.4 is 0 Å². The van der Waals surface area contributed by atoms with E-state index in [4.69, 9.17) is 5.21 Å². The van der Waals surface area contributed by atoms with E-state index in [-0.39, 0.29) is 5.71 Å². The lowest BCUT2D eigenvalue weighted by Gasteiger charge is -1.91. The highest BCUT2D eigenvalue weighted by Gasteiger charge is 2.02. The van der Waals surface area contributed by atoms with Gasteiger partial charge in [-0.1, -0.05) is 5.16 Å². The van der Waals surface area contributed by atoms with Crippen LogP contribution in [0, 0.1) is 0 Å². The smallest absolute Gasteiger partial charge is 0.355 e. The first-order valence-corrected chi connectivity index (χ1v) is 1.99. The van der Waals surface area contributed by atoms with Crippen molar-refractivity contribution in [1.82, 2.24) is 0 Å². The molecule has 0 radical (unpaired) electrons. The summed E-state index contributed by atoms with van der Waals surface area (Å²) in [6.07, 6.45) is 0. The van der Waals surface area contributed by atoms with Crippen LogP contribution >= 0.6 is 0 Å². The summed E-state index contributed by atoms with van der Waals surface area (Å²) < 4.78 is 4.17. The van der Waals surface area contributed by atoms with E-state index in [1.54, 1.807) is 0 Å². The SMILES string of the molecule is COC(=O)C(C)=NO. The van der Waals surface area contributed by atoms with Crippen LogP contribution in [-0.4, -0.2) is 24.0 Å². The number of oxime groups is 1. The molecular weight excluding hydrogens is 110 g/mol. The van der Waals surface area contributed by atoms with Crippen LogP contribution in [0.25, 0.3) is 0 Å². The molecule has 0 aliphatic carbocycles. The number of methoxy groups -OCH3 is 1. The molecule has 0 amide bonds. The van der Waals surface area contributed by atoms with E-state index in [0.717, 1.165) is 0 Å². The Morgan fingerprint density at radius 3 is 2.38 bits per heavy atom. The summed E-state index contributed by atoms with van der Waals surface area (Å²) in [5.41, 5.74) is -0.0486. The fourth-order valence-corrected chi connectivity index (χ4v) is 0.189. The van der Waals surface area contributed by atoms with E-state index in [2.05, 4.69) is 9.89 Å². The van der Waals surface area contributed by atoms with Gasteiger partial charge in [-0.3, -0.25) is 0 Å². The van der Waals surface area contributed by atoms with Gasteiger partial charge in [-0.25, -0.2) is 4.79 Å². The third kappa shape index (κ3) is 1.59. The van der Waals surface area contributed by atoms with Gasteiger partial charge in [0, 0.05) is 0 Å². The van der Waals surface area contributed by atoms with Gasteiger partial charge in [0.25, 0.3) is 0 Å². The van der Waals surface area contributed by atoms with Crippen LogP contribution in [0.2, 0.25) is 0 Å². The second-order valence-corrected chi connectivity index (χ2v) is 1.18. The van der Waals surface area contributed by atoms with Crippen LogP contribution in [-0.2, 0) is 9.53 Å². The molecule has 8 heavy (non-hydrogen) atoms. The molecule has 0 fully saturated rings. The molecule has 4 heteroatoms. The Morgan fingerprint density at radius 1 is 1.75 bits per heavy atom. The van der Waals surface area contributed by atoms with Gasteiger partial charge < -0.3 is 9.94 Å². The third-order valence-electron chi connectivity index (χ3n) is 0.631. The number of carbonyl (C=O) groups is 1. The van der Waals surface area contributed by atoms with Gasteiger partial charge in [0.1, 0.15) is 0 Å². The van der Waals surface area contributed by atoms with Crippen molar-refractivity contribution in [2.75, 3.05) is 7.11 Å². The Bertz CT molecular complexity index is 118. The lowest BCUT2D eigenvalue weighted by molar-refractivity contribution is -0.132. The normalized spacial score (nSPS) is 11.0. The second kappa shape index (κ2) is 3.01. The molecular formula is C4H7NO3. The number of hydrogen-bond donors (Lipinski definition) is 1. The molecule has 0 rings (SSSR count). The Labute approximate surface area is 46.8 Å². The zero-order valence-corrected chi connectivity index (χ0v) is 4.71. The summed E-state index contributed by atoms with van der Waals surface area (Å²) in [6, 6.07) is 0. The van der Waals surface area contributed by atoms with E-state index in [9.17, 15) is 4.79 Å².